The molecule has 0 spiro atoms. The first-order valence-electron chi connectivity index (χ1n) is 5.10. The van der Waals surface area contributed by atoms with Gasteiger partial charge in [0.1, 0.15) is 0 Å². The fraction of sp³-hybridized carbons (Fsp3) is 1.00. The molecule has 2 atom stereocenters. The second kappa shape index (κ2) is 4.34. The van der Waals surface area contributed by atoms with Gasteiger partial charge in [-0.15, -0.1) is 0 Å². The molecule has 0 nitrogen and oxygen atoms in total. The number of rotatable bonds is 2. The Morgan fingerprint density at radius 3 is 2.46 bits per heavy atom. The highest BCUT2D eigenvalue weighted by atomic mass is 19.4. The second-order valence-corrected chi connectivity index (χ2v) is 4.06. The summed E-state index contributed by atoms with van der Waals surface area (Å²) in [5.41, 5.74) is 0. The molecule has 0 aromatic carbocycles. The Morgan fingerprint density at radius 1 is 1.23 bits per heavy atom. The van der Waals surface area contributed by atoms with Gasteiger partial charge in [0.05, 0.1) is 5.92 Å². The first-order chi connectivity index (χ1) is 6.04. The molecule has 0 radical (unpaired) electrons. The van der Waals surface area contributed by atoms with Crippen molar-refractivity contribution in [3.8, 4) is 0 Å². The predicted octanol–water partition coefficient (Wildman–Crippen LogP) is 4.16. The van der Waals surface area contributed by atoms with Gasteiger partial charge in [0, 0.05) is 0 Å². The summed E-state index contributed by atoms with van der Waals surface area (Å²) in [5, 5.41) is 0. The number of alkyl halides is 3. The third-order valence-corrected chi connectivity index (χ3v) is 2.94. The van der Waals surface area contributed by atoms with E-state index in [4.69, 9.17) is 0 Å². The quantitative estimate of drug-likeness (QED) is 0.619. The lowest BCUT2D eigenvalue weighted by Gasteiger charge is -2.30. The SMILES string of the molecule is CCCC1CCCC(C(F)(F)F)C1. The Hall–Kier alpha value is -0.210. The molecule has 0 aliphatic heterocycles. The van der Waals surface area contributed by atoms with Crippen molar-refractivity contribution in [1.29, 1.82) is 0 Å². The molecule has 1 rings (SSSR count). The molecule has 1 fully saturated rings. The molecule has 0 bridgehead atoms. The van der Waals surface area contributed by atoms with E-state index in [2.05, 4.69) is 0 Å². The maximum atomic E-state index is 12.4. The molecule has 78 valence electrons. The van der Waals surface area contributed by atoms with Crippen LogP contribution in [0.2, 0.25) is 0 Å². The lowest BCUT2D eigenvalue weighted by molar-refractivity contribution is -0.185. The van der Waals surface area contributed by atoms with E-state index in [0.29, 0.717) is 18.8 Å². The minimum absolute atomic E-state index is 0.324. The van der Waals surface area contributed by atoms with Gasteiger partial charge in [-0.05, 0) is 18.8 Å². The molecule has 1 aliphatic carbocycles. The first kappa shape index (κ1) is 10.9. The molecule has 2 unspecified atom stereocenters. The van der Waals surface area contributed by atoms with Gasteiger partial charge in [0.25, 0.3) is 0 Å². The van der Waals surface area contributed by atoms with Crippen LogP contribution in [-0.4, -0.2) is 6.18 Å². The topological polar surface area (TPSA) is 0 Å². The van der Waals surface area contributed by atoms with Crippen LogP contribution < -0.4 is 0 Å². The van der Waals surface area contributed by atoms with E-state index in [9.17, 15) is 13.2 Å². The molecular formula is C10H17F3. The zero-order valence-corrected chi connectivity index (χ0v) is 8.03. The van der Waals surface area contributed by atoms with E-state index in [0.717, 1.165) is 25.7 Å². The van der Waals surface area contributed by atoms with Gasteiger partial charge >= 0.3 is 6.18 Å². The van der Waals surface area contributed by atoms with Gasteiger partial charge in [-0.3, -0.25) is 0 Å². The summed E-state index contributed by atoms with van der Waals surface area (Å²) in [5.74, 6) is -0.692. The van der Waals surface area contributed by atoms with Gasteiger partial charge in [0.2, 0.25) is 0 Å². The maximum Gasteiger partial charge on any atom is 0.391 e. The molecule has 13 heavy (non-hydrogen) atoms. The summed E-state index contributed by atoms with van der Waals surface area (Å²) in [6.07, 6.45) is 0.505. The number of halogens is 3. The van der Waals surface area contributed by atoms with E-state index in [-0.39, 0.29) is 0 Å². The van der Waals surface area contributed by atoms with Crippen molar-refractivity contribution in [3.05, 3.63) is 0 Å². The van der Waals surface area contributed by atoms with Crippen LogP contribution in [0.5, 0.6) is 0 Å². The minimum atomic E-state index is -3.95. The highest BCUT2D eigenvalue weighted by molar-refractivity contribution is 4.77. The van der Waals surface area contributed by atoms with Gasteiger partial charge in [-0.1, -0.05) is 32.6 Å². The highest BCUT2D eigenvalue weighted by Gasteiger charge is 2.41. The van der Waals surface area contributed by atoms with E-state index < -0.39 is 12.1 Å². The molecule has 0 N–H and O–H groups in total. The summed E-state index contributed by atoms with van der Waals surface area (Å²) in [6.45, 7) is 2.04. The van der Waals surface area contributed by atoms with Gasteiger partial charge < -0.3 is 0 Å². The largest absolute Gasteiger partial charge is 0.391 e. The Kier molecular flexibility index (Phi) is 3.63. The zero-order chi connectivity index (χ0) is 9.90. The van der Waals surface area contributed by atoms with Gasteiger partial charge in [0.15, 0.2) is 0 Å². The normalized spacial score (nSPS) is 30.5. The summed E-state index contributed by atoms with van der Waals surface area (Å²) >= 11 is 0. The summed E-state index contributed by atoms with van der Waals surface area (Å²) in [6, 6.07) is 0. The summed E-state index contributed by atoms with van der Waals surface area (Å²) < 4.78 is 37.1. The lowest BCUT2D eigenvalue weighted by atomic mass is 9.79. The van der Waals surface area contributed by atoms with Crippen LogP contribution >= 0.6 is 0 Å². The van der Waals surface area contributed by atoms with Gasteiger partial charge in [-0.2, -0.15) is 13.2 Å². The molecule has 0 heterocycles. The predicted molar refractivity (Wildman–Crippen MR) is 46.4 cm³/mol. The van der Waals surface area contributed by atoms with Crippen molar-refractivity contribution in [2.45, 2.75) is 51.6 Å². The molecule has 0 saturated heterocycles. The molecule has 0 amide bonds. The Morgan fingerprint density at radius 2 is 1.92 bits per heavy atom. The van der Waals surface area contributed by atoms with Crippen LogP contribution in [0.3, 0.4) is 0 Å². The van der Waals surface area contributed by atoms with Crippen LogP contribution in [0.4, 0.5) is 13.2 Å². The van der Waals surface area contributed by atoms with Crippen molar-refractivity contribution in [3.63, 3.8) is 0 Å². The molecule has 1 saturated carbocycles. The summed E-state index contributed by atoms with van der Waals surface area (Å²) in [7, 11) is 0. The molecule has 0 aromatic heterocycles. The third kappa shape index (κ3) is 3.20. The van der Waals surface area contributed by atoms with E-state index >= 15 is 0 Å². The van der Waals surface area contributed by atoms with E-state index in [1.54, 1.807) is 0 Å². The number of hydrogen-bond acceptors (Lipinski definition) is 0. The van der Waals surface area contributed by atoms with Crippen LogP contribution in [-0.2, 0) is 0 Å². The average molecular weight is 194 g/mol. The van der Waals surface area contributed by atoms with Crippen molar-refractivity contribution >= 4 is 0 Å². The molecular weight excluding hydrogens is 177 g/mol. The van der Waals surface area contributed by atoms with Crippen LogP contribution in [0.25, 0.3) is 0 Å². The molecule has 0 aromatic rings. The summed E-state index contributed by atoms with van der Waals surface area (Å²) in [4.78, 5) is 0. The fourth-order valence-corrected chi connectivity index (χ4v) is 2.26. The van der Waals surface area contributed by atoms with Crippen molar-refractivity contribution in [2.75, 3.05) is 0 Å². The van der Waals surface area contributed by atoms with Gasteiger partial charge in [-0.25, -0.2) is 0 Å². The van der Waals surface area contributed by atoms with E-state index in [1.807, 2.05) is 6.92 Å². The Labute approximate surface area is 77.5 Å². The second-order valence-electron chi connectivity index (χ2n) is 4.06. The minimum Gasteiger partial charge on any atom is -0.171 e. The Balaban J connectivity index is 2.42. The van der Waals surface area contributed by atoms with Crippen LogP contribution in [0.15, 0.2) is 0 Å². The fourth-order valence-electron chi connectivity index (χ4n) is 2.26. The average Bonchev–Trinajstić information content (AvgIpc) is 2.04. The van der Waals surface area contributed by atoms with Crippen molar-refractivity contribution < 1.29 is 13.2 Å². The Bertz CT molecular complexity index is 149. The van der Waals surface area contributed by atoms with Crippen molar-refractivity contribution in [1.82, 2.24) is 0 Å². The highest BCUT2D eigenvalue weighted by Crippen LogP contribution is 2.41. The van der Waals surface area contributed by atoms with Crippen LogP contribution in [0.1, 0.15) is 45.4 Å². The first-order valence-corrected chi connectivity index (χ1v) is 5.10. The number of hydrogen-bond donors (Lipinski definition) is 0. The monoisotopic (exact) mass is 194 g/mol. The smallest absolute Gasteiger partial charge is 0.171 e. The molecule has 1 aliphatic rings. The van der Waals surface area contributed by atoms with E-state index in [1.165, 1.54) is 0 Å². The third-order valence-electron chi connectivity index (χ3n) is 2.94. The molecule has 3 heteroatoms. The zero-order valence-electron chi connectivity index (χ0n) is 8.03. The maximum absolute atomic E-state index is 12.4. The lowest BCUT2D eigenvalue weighted by Crippen LogP contribution is -2.28. The van der Waals surface area contributed by atoms with Crippen LogP contribution in [0, 0.1) is 11.8 Å². The van der Waals surface area contributed by atoms with Crippen molar-refractivity contribution in [2.24, 2.45) is 11.8 Å². The standard InChI is InChI=1S/C10H17F3/c1-2-4-8-5-3-6-9(7-8)10(11,12)13/h8-9H,2-7H2,1H3.